The molecule has 16 heavy (non-hydrogen) atoms. The predicted molar refractivity (Wildman–Crippen MR) is 66.4 cm³/mol. The zero-order valence-corrected chi connectivity index (χ0v) is 9.77. The van der Waals surface area contributed by atoms with Gasteiger partial charge in [0.15, 0.2) is 14.4 Å². The van der Waals surface area contributed by atoms with Crippen LogP contribution in [-0.4, -0.2) is 0 Å². The van der Waals surface area contributed by atoms with E-state index in [0.717, 1.165) is 5.69 Å². The molecule has 0 saturated heterocycles. The van der Waals surface area contributed by atoms with E-state index >= 15 is 0 Å². The fourth-order valence-corrected chi connectivity index (χ4v) is 1.76. The minimum Gasteiger partial charge on any atom is -0.374 e. The Labute approximate surface area is 95.5 Å². The Balaban J connectivity index is 2.16. The Morgan fingerprint density at radius 3 is 2.00 bits per heavy atom. The average Bonchev–Trinajstić information content (AvgIpc) is 2.38. The van der Waals surface area contributed by atoms with Crippen LogP contribution in [0.1, 0.15) is 0 Å². The van der Waals surface area contributed by atoms with Crippen molar-refractivity contribution in [1.82, 2.24) is 0 Å². The van der Waals surface area contributed by atoms with Crippen LogP contribution < -0.4 is 9.67 Å². The molecule has 1 unspecified atom stereocenters. The summed E-state index contributed by atoms with van der Waals surface area (Å²) >= 11 is 0. The van der Waals surface area contributed by atoms with E-state index < -0.39 is 8.61 Å². The summed E-state index contributed by atoms with van der Waals surface area (Å²) in [6.45, 7) is 0. The van der Waals surface area contributed by atoms with Crippen molar-refractivity contribution in [2.24, 2.45) is 0 Å². The van der Waals surface area contributed by atoms with Crippen molar-refractivity contribution < 1.29 is 9.40 Å². The zero-order valence-electron chi connectivity index (χ0n) is 8.61. The third-order valence-electron chi connectivity index (χ3n) is 2.05. The van der Waals surface area contributed by atoms with Crippen molar-refractivity contribution in [2.45, 2.75) is 0 Å². The van der Waals surface area contributed by atoms with Gasteiger partial charge in [-0.2, -0.15) is 4.83 Å². The normalized spacial score (nSPS) is 10.5. The molecule has 82 valence electrons. The first-order valence-electron chi connectivity index (χ1n) is 4.93. The van der Waals surface area contributed by atoms with Crippen molar-refractivity contribution in [3.8, 4) is 5.75 Å². The topological polar surface area (TPSA) is 29.5 Å². The second kappa shape index (κ2) is 5.38. The van der Waals surface area contributed by atoms with Gasteiger partial charge in [0.2, 0.25) is 0 Å². The van der Waals surface area contributed by atoms with Crippen LogP contribution in [0.4, 0.5) is 5.69 Å². The summed E-state index contributed by atoms with van der Waals surface area (Å²) in [6, 6.07) is 18.7. The molecule has 0 aliphatic carbocycles. The van der Waals surface area contributed by atoms with Crippen molar-refractivity contribution >= 4 is 14.3 Å². The second-order valence-electron chi connectivity index (χ2n) is 3.17. The number of para-hydroxylation sites is 2. The van der Waals surface area contributed by atoms with Crippen LogP contribution in [0.2, 0.25) is 0 Å². The molecule has 2 aromatic rings. The Morgan fingerprint density at radius 2 is 1.44 bits per heavy atom. The predicted octanol–water partition coefficient (Wildman–Crippen LogP) is 3.16. The van der Waals surface area contributed by atoms with Gasteiger partial charge in [-0.1, -0.05) is 36.4 Å². The molecular formula is C12H12NO2P. The monoisotopic (exact) mass is 233 g/mol. The lowest BCUT2D eigenvalue weighted by molar-refractivity contribution is 0.344. The summed E-state index contributed by atoms with van der Waals surface area (Å²) < 4.78 is 11.1. The fraction of sp³-hybridized carbons (Fsp3) is 0. The summed E-state index contributed by atoms with van der Waals surface area (Å²) in [7, 11) is -1.17. The minimum absolute atomic E-state index is 0.676. The summed E-state index contributed by atoms with van der Waals surface area (Å²) in [5.41, 5.74) is 0.788. The molecule has 0 bridgehead atoms. The van der Waals surface area contributed by atoms with Crippen molar-refractivity contribution in [1.29, 1.82) is 0 Å². The van der Waals surface area contributed by atoms with Gasteiger partial charge in [-0.3, -0.25) is 0 Å². The third kappa shape index (κ3) is 2.65. The van der Waals surface area contributed by atoms with Crippen molar-refractivity contribution in [3.05, 3.63) is 60.7 Å². The zero-order chi connectivity index (χ0) is 11.2. The molecule has 0 fully saturated rings. The first-order valence-corrected chi connectivity index (χ1v) is 5.91. The number of nitrogens with zero attached hydrogens (tertiary/aromatic N) is 1. The molecule has 2 rings (SSSR count). The Morgan fingerprint density at radius 1 is 0.875 bits per heavy atom. The molecule has 0 amide bonds. The van der Waals surface area contributed by atoms with Crippen LogP contribution in [0.15, 0.2) is 60.7 Å². The largest absolute Gasteiger partial charge is 0.374 e. The second-order valence-corrected chi connectivity index (χ2v) is 3.85. The van der Waals surface area contributed by atoms with Gasteiger partial charge in [0.25, 0.3) is 0 Å². The molecule has 0 aromatic heterocycles. The van der Waals surface area contributed by atoms with E-state index in [-0.39, 0.29) is 0 Å². The Hall–Kier alpha value is -1.73. The van der Waals surface area contributed by atoms with Gasteiger partial charge in [-0.15, -0.1) is 0 Å². The number of hydrogen-bond acceptors (Lipinski definition) is 2. The van der Waals surface area contributed by atoms with E-state index in [4.69, 9.17) is 4.84 Å². The van der Waals surface area contributed by atoms with E-state index in [2.05, 4.69) is 0 Å². The number of hydrogen-bond donors (Lipinski definition) is 0. The molecule has 0 spiro atoms. The van der Waals surface area contributed by atoms with E-state index in [1.807, 2.05) is 60.7 Å². The Kier molecular flexibility index (Phi) is 3.62. The molecule has 0 saturated carbocycles. The highest BCUT2D eigenvalue weighted by molar-refractivity contribution is 7.25. The minimum atomic E-state index is -1.17. The van der Waals surface area contributed by atoms with Gasteiger partial charge < -0.3 is 9.40 Å². The van der Waals surface area contributed by atoms with Crippen LogP contribution in [0, 0.1) is 0 Å². The van der Waals surface area contributed by atoms with Crippen LogP contribution >= 0.6 is 8.61 Å². The molecule has 0 aliphatic heterocycles. The van der Waals surface area contributed by atoms with E-state index in [1.165, 1.54) is 4.83 Å². The molecule has 0 aliphatic rings. The maximum absolute atomic E-state index is 11.1. The van der Waals surface area contributed by atoms with Gasteiger partial charge in [0.05, 0.1) is 5.69 Å². The SMILES string of the molecule is O=[PH2]N(Oc1ccccc1)c1ccccc1. The van der Waals surface area contributed by atoms with Crippen molar-refractivity contribution in [2.75, 3.05) is 4.83 Å². The highest BCUT2D eigenvalue weighted by Gasteiger charge is 2.04. The number of anilines is 1. The lowest BCUT2D eigenvalue weighted by atomic mass is 10.3. The van der Waals surface area contributed by atoms with E-state index in [9.17, 15) is 4.57 Å². The van der Waals surface area contributed by atoms with E-state index in [0.29, 0.717) is 5.75 Å². The maximum atomic E-state index is 11.1. The van der Waals surface area contributed by atoms with Crippen LogP contribution in [0.3, 0.4) is 0 Å². The fourth-order valence-electron chi connectivity index (χ4n) is 1.30. The first-order chi connectivity index (χ1) is 7.90. The van der Waals surface area contributed by atoms with Crippen LogP contribution in [-0.2, 0) is 4.57 Å². The maximum Gasteiger partial charge on any atom is 0.183 e. The quantitative estimate of drug-likeness (QED) is 0.600. The average molecular weight is 233 g/mol. The summed E-state index contributed by atoms with van der Waals surface area (Å²) in [5.74, 6) is 0.676. The molecule has 0 radical (unpaired) electrons. The molecule has 3 nitrogen and oxygen atoms in total. The number of rotatable bonds is 4. The highest BCUT2D eigenvalue weighted by Crippen LogP contribution is 2.23. The third-order valence-corrected chi connectivity index (χ3v) is 2.65. The first kappa shape index (κ1) is 10.8. The van der Waals surface area contributed by atoms with E-state index in [1.54, 1.807) is 0 Å². The van der Waals surface area contributed by atoms with Crippen LogP contribution in [0.25, 0.3) is 0 Å². The summed E-state index contributed by atoms with van der Waals surface area (Å²) in [4.78, 5) is 6.91. The molecule has 0 heterocycles. The highest BCUT2D eigenvalue weighted by atomic mass is 31.1. The van der Waals surface area contributed by atoms with Crippen molar-refractivity contribution in [3.63, 3.8) is 0 Å². The Bertz CT molecular complexity index is 447. The molecule has 4 heteroatoms. The smallest absolute Gasteiger partial charge is 0.183 e. The summed E-state index contributed by atoms with van der Waals surface area (Å²) in [5, 5.41) is 0. The molecule has 2 aromatic carbocycles. The van der Waals surface area contributed by atoms with Gasteiger partial charge in [-0.25, -0.2) is 0 Å². The van der Waals surface area contributed by atoms with Gasteiger partial charge >= 0.3 is 0 Å². The van der Waals surface area contributed by atoms with Gasteiger partial charge in [0.1, 0.15) is 0 Å². The lowest BCUT2D eigenvalue weighted by Gasteiger charge is -2.18. The molecular weight excluding hydrogens is 221 g/mol. The molecule has 0 N–H and O–H groups in total. The lowest BCUT2D eigenvalue weighted by Crippen LogP contribution is -2.15. The van der Waals surface area contributed by atoms with Gasteiger partial charge in [0, 0.05) is 0 Å². The summed E-state index contributed by atoms with van der Waals surface area (Å²) in [6.07, 6.45) is 0. The standard InChI is InChI=1S/C12H12NO2P/c14-16-13(11-7-3-1-4-8-11)15-12-9-5-2-6-10-12/h1-10H,16H2. The molecule has 1 atom stereocenters. The number of benzene rings is 2. The van der Waals surface area contributed by atoms with Crippen LogP contribution in [0.5, 0.6) is 5.75 Å². The van der Waals surface area contributed by atoms with Gasteiger partial charge in [-0.05, 0) is 24.3 Å².